The number of hydrogen-bond donors (Lipinski definition) is 3. The van der Waals surface area contributed by atoms with Gasteiger partial charge in [0, 0.05) is 48.6 Å². The van der Waals surface area contributed by atoms with Gasteiger partial charge in [0.15, 0.2) is 5.82 Å². The van der Waals surface area contributed by atoms with Gasteiger partial charge in [-0.05, 0) is 57.2 Å². The number of fused-ring (bicyclic) bond motifs is 1. The molecule has 0 saturated heterocycles. The van der Waals surface area contributed by atoms with Crippen LogP contribution in [-0.2, 0) is 16.0 Å². The summed E-state index contributed by atoms with van der Waals surface area (Å²) in [7, 11) is 1.82. The summed E-state index contributed by atoms with van der Waals surface area (Å²) in [6.45, 7) is 3.83. The van der Waals surface area contributed by atoms with E-state index in [4.69, 9.17) is 4.74 Å². The number of nitrogens with zero attached hydrogens (tertiary/aromatic N) is 2. The molecular weight excluding hydrogens is 382 g/mol. The standard InChI is InChI=1S/C22H29N5O3/c1-13(2)23-22(29)30-15-8-7-14(11-15)18-12-20(26-25-18)24-17-5-4-6-19-16(17)9-10-21(28)27(19)3/h4-6,12-15H,7-11H2,1-3H3,(H,23,29)(H2,24,25,26)/t14-,15?/m0/s1. The van der Waals surface area contributed by atoms with Crippen molar-refractivity contribution in [1.82, 2.24) is 15.5 Å². The summed E-state index contributed by atoms with van der Waals surface area (Å²) in [5.74, 6) is 1.18. The molecule has 1 fully saturated rings. The van der Waals surface area contributed by atoms with Crippen molar-refractivity contribution < 1.29 is 14.3 Å². The second-order valence-electron chi connectivity index (χ2n) is 8.43. The maximum atomic E-state index is 12.0. The van der Waals surface area contributed by atoms with Crippen LogP contribution in [0, 0.1) is 0 Å². The van der Waals surface area contributed by atoms with E-state index in [1.165, 1.54) is 0 Å². The Morgan fingerprint density at radius 1 is 1.30 bits per heavy atom. The van der Waals surface area contributed by atoms with Crippen LogP contribution in [0.4, 0.5) is 22.0 Å². The number of alkyl carbamates (subject to hydrolysis) is 1. The molecule has 8 nitrogen and oxygen atoms in total. The normalized spacial score (nSPS) is 20.9. The summed E-state index contributed by atoms with van der Waals surface area (Å²) in [5.41, 5.74) is 4.10. The van der Waals surface area contributed by atoms with E-state index in [9.17, 15) is 9.59 Å². The SMILES string of the molecule is CC(C)NC(=O)OC1CC[C@H](c2cc(Nc3cccc4c3CCC(=O)N4C)n[nH]2)C1. The average molecular weight is 412 g/mol. The number of carbonyl (C=O) groups excluding carboxylic acids is 2. The van der Waals surface area contributed by atoms with Gasteiger partial charge in [-0.1, -0.05) is 6.07 Å². The van der Waals surface area contributed by atoms with E-state index in [2.05, 4.69) is 20.8 Å². The lowest BCUT2D eigenvalue weighted by Gasteiger charge is -2.27. The van der Waals surface area contributed by atoms with Crippen LogP contribution in [0.25, 0.3) is 0 Å². The third-order valence-electron chi connectivity index (χ3n) is 5.84. The zero-order valence-corrected chi connectivity index (χ0v) is 17.7. The van der Waals surface area contributed by atoms with E-state index in [0.717, 1.165) is 54.1 Å². The minimum atomic E-state index is -0.347. The summed E-state index contributed by atoms with van der Waals surface area (Å²) in [6, 6.07) is 8.03. The van der Waals surface area contributed by atoms with Gasteiger partial charge in [-0.3, -0.25) is 9.89 Å². The second-order valence-corrected chi connectivity index (χ2v) is 8.43. The van der Waals surface area contributed by atoms with Gasteiger partial charge < -0.3 is 20.3 Å². The Morgan fingerprint density at radius 3 is 2.93 bits per heavy atom. The van der Waals surface area contributed by atoms with Gasteiger partial charge in [0.05, 0.1) is 0 Å². The molecule has 2 atom stereocenters. The predicted molar refractivity (Wildman–Crippen MR) is 115 cm³/mol. The lowest BCUT2D eigenvalue weighted by atomic mass is 9.99. The van der Waals surface area contributed by atoms with Crippen LogP contribution >= 0.6 is 0 Å². The summed E-state index contributed by atoms with van der Waals surface area (Å²) in [5, 5.41) is 13.7. The van der Waals surface area contributed by atoms with Crippen molar-refractivity contribution in [3.63, 3.8) is 0 Å². The number of aromatic nitrogens is 2. The first-order valence-electron chi connectivity index (χ1n) is 10.6. The number of nitrogens with one attached hydrogen (secondary N) is 3. The first kappa shape index (κ1) is 20.3. The van der Waals surface area contributed by atoms with E-state index < -0.39 is 0 Å². The van der Waals surface area contributed by atoms with Gasteiger partial charge in [0.25, 0.3) is 0 Å². The number of carbonyl (C=O) groups is 2. The molecule has 3 N–H and O–H groups in total. The van der Waals surface area contributed by atoms with Gasteiger partial charge in [-0.15, -0.1) is 0 Å². The number of aromatic amines is 1. The fraction of sp³-hybridized carbons (Fsp3) is 0.500. The molecule has 1 aliphatic carbocycles. The summed E-state index contributed by atoms with van der Waals surface area (Å²) >= 11 is 0. The number of H-pyrrole nitrogens is 1. The van der Waals surface area contributed by atoms with Crippen LogP contribution in [0.15, 0.2) is 24.3 Å². The molecule has 1 aliphatic heterocycles. The van der Waals surface area contributed by atoms with Crippen molar-refractivity contribution in [2.45, 2.75) is 64.0 Å². The first-order chi connectivity index (χ1) is 14.4. The molecule has 30 heavy (non-hydrogen) atoms. The van der Waals surface area contributed by atoms with E-state index in [1.54, 1.807) is 4.90 Å². The number of rotatable bonds is 5. The third-order valence-corrected chi connectivity index (χ3v) is 5.84. The minimum absolute atomic E-state index is 0.0670. The predicted octanol–water partition coefficient (Wildman–Crippen LogP) is 3.83. The Hall–Kier alpha value is -3.03. The van der Waals surface area contributed by atoms with Crippen LogP contribution in [0.5, 0.6) is 0 Å². The average Bonchev–Trinajstić information content (AvgIpc) is 3.34. The van der Waals surface area contributed by atoms with E-state index in [1.807, 2.05) is 45.2 Å². The Labute approximate surface area is 176 Å². The van der Waals surface area contributed by atoms with Crippen LogP contribution in [0.1, 0.15) is 56.7 Å². The highest BCUT2D eigenvalue weighted by Crippen LogP contribution is 2.37. The number of anilines is 3. The molecule has 2 aliphatic rings. The van der Waals surface area contributed by atoms with Crippen LogP contribution in [0.2, 0.25) is 0 Å². The Bertz CT molecular complexity index is 939. The maximum absolute atomic E-state index is 12.0. The molecule has 8 heteroatoms. The topological polar surface area (TPSA) is 99.3 Å². The van der Waals surface area contributed by atoms with E-state index in [-0.39, 0.29) is 24.1 Å². The molecule has 4 rings (SSSR count). The number of hydrogen-bond acceptors (Lipinski definition) is 5. The highest BCUT2D eigenvalue weighted by atomic mass is 16.6. The first-order valence-corrected chi connectivity index (χ1v) is 10.6. The molecule has 0 spiro atoms. The van der Waals surface area contributed by atoms with Crippen molar-refractivity contribution in [1.29, 1.82) is 0 Å². The molecule has 2 heterocycles. The Balaban J connectivity index is 1.40. The van der Waals surface area contributed by atoms with Crippen molar-refractivity contribution >= 4 is 29.2 Å². The summed E-state index contributed by atoms with van der Waals surface area (Å²) < 4.78 is 5.53. The zero-order valence-electron chi connectivity index (χ0n) is 17.7. The number of ether oxygens (including phenoxy) is 1. The molecule has 1 unspecified atom stereocenters. The van der Waals surface area contributed by atoms with Crippen molar-refractivity contribution in [3.8, 4) is 0 Å². The quantitative estimate of drug-likeness (QED) is 0.694. The maximum Gasteiger partial charge on any atom is 0.407 e. The fourth-order valence-electron chi connectivity index (χ4n) is 4.30. The fourth-order valence-corrected chi connectivity index (χ4v) is 4.30. The molecule has 1 aromatic heterocycles. The minimum Gasteiger partial charge on any atom is -0.446 e. The largest absolute Gasteiger partial charge is 0.446 e. The molecule has 2 amide bonds. The summed E-state index contributed by atoms with van der Waals surface area (Å²) in [4.78, 5) is 25.5. The second kappa shape index (κ2) is 8.38. The van der Waals surface area contributed by atoms with Gasteiger partial charge >= 0.3 is 6.09 Å². The zero-order chi connectivity index (χ0) is 21.3. The van der Waals surface area contributed by atoms with Gasteiger partial charge in [0.1, 0.15) is 6.10 Å². The lowest BCUT2D eigenvalue weighted by Crippen LogP contribution is -2.33. The summed E-state index contributed by atoms with van der Waals surface area (Å²) in [6.07, 6.45) is 3.42. The Morgan fingerprint density at radius 2 is 2.13 bits per heavy atom. The van der Waals surface area contributed by atoms with Gasteiger partial charge in [0.2, 0.25) is 5.91 Å². The number of amides is 2. The monoisotopic (exact) mass is 411 g/mol. The van der Waals surface area contributed by atoms with Crippen molar-refractivity contribution in [3.05, 3.63) is 35.5 Å². The van der Waals surface area contributed by atoms with Gasteiger partial charge in [-0.25, -0.2) is 4.79 Å². The lowest BCUT2D eigenvalue weighted by molar-refractivity contribution is -0.118. The molecule has 1 aromatic carbocycles. The molecular formula is C22H29N5O3. The van der Waals surface area contributed by atoms with Gasteiger partial charge in [-0.2, -0.15) is 5.10 Å². The van der Waals surface area contributed by atoms with E-state index >= 15 is 0 Å². The van der Waals surface area contributed by atoms with Crippen LogP contribution < -0.4 is 15.5 Å². The Kier molecular flexibility index (Phi) is 5.65. The van der Waals surface area contributed by atoms with Crippen LogP contribution in [-0.4, -0.2) is 41.4 Å². The highest BCUT2D eigenvalue weighted by Gasteiger charge is 2.30. The number of benzene rings is 1. The molecule has 1 saturated carbocycles. The van der Waals surface area contributed by atoms with E-state index in [0.29, 0.717) is 12.3 Å². The molecule has 160 valence electrons. The molecule has 0 bridgehead atoms. The smallest absolute Gasteiger partial charge is 0.407 e. The van der Waals surface area contributed by atoms with Crippen molar-refractivity contribution in [2.75, 3.05) is 17.3 Å². The third kappa shape index (κ3) is 4.27. The molecule has 0 radical (unpaired) electrons. The van der Waals surface area contributed by atoms with Crippen LogP contribution in [0.3, 0.4) is 0 Å². The molecule has 2 aromatic rings. The highest BCUT2D eigenvalue weighted by molar-refractivity contribution is 5.97. The van der Waals surface area contributed by atoms with Crippen molar-refractivity contribution in [2.24, 2.45) is 0 Å².